The molecule has 0 radical (unpaired) electrons. The molecule has 2 aromatic rings. The van der Waals surface area contributed by atoms with Crippen LogP contribution >= 0.6 is 12.2 Å². The zero-order valence-electron chi connectivity index (χ0n) is 16.1. The smallest absolute Gasteiger partial charge is 0.276 e. The van der Waals surface area contributed by atoms with Crippen LogP contribution in [-0.4, -0.2) is 22.0 Å². The Labute approximate surface area is 175 Å². The van der Waals surface area contributed by atoms with Gasteiger partial charge in [0.15, 0.2) is 5.11 Å². The summed E-state index contributed by atoms with van der Waals surface area (Å²) in [7, 11) is 0. The molecule has 4 nitrogen and oxygen atoms in total. The minimum atomic E-state index is -0.275. The minimum Gasteiger partial charge on any atom is -0.488 e. The summed E-state index contributed by atoms with van der Waals surface area (Å²) in [6.07, 6.45) is 7.28. The van der Waals surface area contributed by atoms with Crippen LogP contribution in [0.4, 0.5) is 4.39 Å². The van der Waals surface area contributed by atoms with Crippen LogP contribution in [0.25, 0.3) is 6.08 Å². The average Bonchev–Trinajstić information content (AvgIpc) is 3.02. The Morgan fingerprint density at radius 1 is 1.10 bits per heavy atom. The number of ether oxygens (including phenoxy) is 1. The van der Waals surface area contributed by atoms with Gasteiger partial charge in [0.2, 0.25) is 0 Å². The van der Waals surface area contributed by atoms with Gasteiger partial charge in [-0.1, -0.05) is 49.6 Å². The number of halogens is 1. The topological polar surface area (TPSA) is 41.6 Å². The van der Waals surface area contributed by atoms with Gasteiger partial charge in [-0.15, -0.1) is 0 Å². The van der Waals surface area contributed by atoms with Gasteiger partial charge in [0, 0.05) is 11.6 Å². The van der Waals surface area contributed by atoms with Crippen LogP contribution in [0.3, 0.4) is 0 Å². The van der Waals surface area contributed by atoms with Crippen molar-refractivity contribution in [2.24, 2.45) is 0 Å². The third kappa shape index (κ3) is 4.48. The molecule has 1 saturated heterocycles. The monoisotopic (exact) mass is 410 g/mol. The molecule has 0 bridgehead atoms. The fourth-order valence-electron chi connectivity index (χ4n) is 3.85. The van der Waals surface area contributed by atoms with E-state index in [4.69, 9.17) is 17.0 Å². The first-order valence-corrected chi connectivity index (χ1v) is 10.3. The summed E-state index contributed by atoms with van der Waals surface area (Å²) in [5.74, 6) is 0.305. The summed E-state index contributed by atoms with van der Waals surface area (Å²) in [5, 5.41) is 3.56. The molecule has 4 rings (SSSR count). The average molecular weight is 411 g/mol. The van der Waals surface area contributed by atoms with Gasteiger partial charge in [-0.05, 0) is 54.9 Å². The van der Waals surface area contributed by atoms with Crippen LogP contribution in [0.15, 0.2) is 54.2 Å². The van der Waals surface area contributed by atoms with Crippen molar-refractivity contribution in [3.05, 3.63) is 71.2 Å². The maximum absolute atomic E-state index is 13.1. The van der Waals surface area contributed by atoms with Gasteiger partial charge in [-0.3, -0.25) is 9.69 Å². The number of amides is 1. The van der Waals surface area contributed by atoms with Crippen LogP contribution in [0.5, 0.6) is 5.75 Å². The van der Waals surface area contributed by atoms with E-state index in [0.717, 1.165) is 36.8 Å². The second kappa shape index (κ2) is 8.74. The summed E-state index contributed by atoms with van der Waals surface area (Å²) in [6, 6.07) is 13.9. The molecule has 0 spiro atoms. The molecule has 1 N–H and O–H groups in total. The molecule has 0 unspecified atom stereocenters. The molecule has 29 heavy (non-hydrogen) atoms. The number of para-hydroxylation sites is 1. The maximum Gasteiger partial charge on any atom is 0.276 e. The standard InChI is InChI=1S/C23H23FN2O2S/c24-18-12-10-16(11-13-18)15-28-21-9-5-4-6-17(21)14-20-22(27)26(23(29)25-20)19-7-2-1-3-8-19/h4-6,9-14,19H,1-3,7-8,15H2,(H,25,29)/b20-14-. The van der Waals surface area contributed by atoms with Crippen molar-refractivity contribution in [2.45, 2.75) is 44.8 Å². The number of carbonyl (C=O) groups excluding carboxylic acids is 1. The van der Waals surface area contributed by atoms with Crippen molar-refractivity contribution in [1.29, 1.82) is 0 Å². The summed E-state index contributed by atoms with van der Waals surface area (Å²) >= 11 is 5.44. The molecule has 6 heteroatoms. The lowest BCUT2D eigenvalue weighted by molar-refractivity contribution is -0.124. The van der Waals surface area contributed by atoms with Gasteiger partial charge in [0.25, 0.3) is 5.91 Å². The number of hydrogen-bond donors (Lipinski definition) is 1. The van der Waals surface area contributed by atoms with Crippen LogP contribution < -0.4 is 10.1 Å². The molecular weight excluding hydrogens is 387 g/mol. The van der Waals surface area contributed by atoms with Gasteiger partial charge in [0.05, 0.1) is 0 Å². The van der Waals surface area contributed by atoms with Gasteiger partial charge >= 0.3 is 0 Å². The Hall–Kier alpha value is -2.73. The van der Waals surface area contributed by atoms with E-state index in [1.807, 2.05) is 24.3 Å². The molecular formula is C23H23FN2O2S. The Balaban J connectivity index is 1.51. The van der Waals surface area contributed by atoms with E-state index in [9.17, 15) is 9.18 Å². The quantitative estimate of drug-likeness (QED) is 0.568. The van der Waals surface area contributed by atoms with E-state index in [-0.39, 0.29) is 17.8 Å². The molecule has 2 aliphatic rings. The summed E-state index contributed by atoms with van der Waals surface area (Å²) < 4.78 is 19.0. The highest BCUT2D eigenvalue weighted by Crippen LogP contribution is 2.28. The highest BCUT2D eigenvalue weighted by atomic mass is 32.1. The number of carbonyl (C=O) groups is 1. The third-order valence-corrected chi connectivity index (χ3v) is 5.67. The minimum absolute atomic E-state index is 0.0739. The molecule has 2 aromatic carbocycles. The molecule has 1 heterocycles. The lowest BCUT2D eigenvalue weighted by Gasteiger charge is -2.29. The van der Waals surface area contributed by atoms with E-state index in [0.29, 0.717) is 23.2 Å². The molecule has 1 saturated carbocycles. The molecule has 0 aromatic heterocycles. The predicted octanol–water partition coefficient (Wildman–Crippen LogP) is 4.80. The second-order valence-corrected chi connectivity index (χ2v) is 7.79. The zero-order valence-corrected chi connectivity index (χ0v) is 16.9. The summed E-state index contributed by atoms with van der Waals surface area (Å²) in [6.45, 7) is 0.314. The third-order valence-electron chi connectivity index (χ3n) is 5.38. The van der Waals surface area contributed by atoms with Crippen molar-refractivity contribution >= 4 is 29.3 Å². The van der Waals surface area contributed by atoms with Crippen molar-refractivity contribution in [2.75, 3.05) is 0 Å². The number of nitrogens with one attached hydrogen (secondary N) is 1. The van der Waals surface area contributed by atoms with Gasteiger partial charge in [-0.25, -0.2) is 4.39 Å². The van der Waals surface area contributed by atoms with Gasteiger partial charge < -0.3 is 10.1 Å². The second-order valence-electron chi connectivity index (χ2n) is 7.41. The number of rotatable bonds is 5. The van der Waals surface area contributed by atoms with E-state index in [2.05, 4.69) is 5.32 Å². The number of thiocarbonyl (C=S) groups is 1. The van der Waals surface area contributed by atoms with Crippen LogP contribution in [0.1, 0.15) is 43.2 Å². The molecule has 1 aliphatic heterocycles. The first-order valence-electron chi connectivity index (χ1n) is 9.94. The lowest BCUT2D eigenvalue weighted by atomic mass is 9.94. The van der Waals surface area contributed by atoms with Crippen molar-refractivity contribution < 1.29 is 13.9 Å². The largest absolute Gasteiger partial charge is 0.488 e. The highest BCUT2D eigenvalue weighted by Gasteiger charge is 2.36. The van der Waals surface area contributed by atoms with Crippen LogP contribution in [-0.2, 0) is 11.4 Å². The Kier molecular flexibility index (Phi) is 5.90. The van der Waals surface area contributed by atoms with Crippen molar-refractivity contribution in [3.8, 4) is 5.75 Å². The van der Waals surface area contributed by atoms with Crippen LogP contribution in [0, 0.1) is 5.82 Å². The molecule has 150 valence electrons. The fraction of sp³-hybridized carbons (Fsp3) is 0.304. The van der Waals surface area contributed by atoms with Gasteiger partial charge in [0.1, 0.15) is 23.9 Å². The first kappa shape index (κ1) is 19.6. The zero-order chi connectivity index (χ0) is 20.2. The van der Waals surface area contributed by atoms with Crippen LogP contribution in [0.2, 0.25) is 0 Å². The molecule has 1 aliphatic carbocycles. The summed E-state index contributed by atoms with van der Waals surface area (Å²) in [5.41, 5.74) is 2.13. The van der Waals surface area contributed by atoms with E-state index >= 15 is 0 Å². The Bertz CT molecular complexity index is 936. The number of benzene rings is 2. The number of nitrogens with zero attached hydrogens (tertiary/aromatic N) is 1. The van der Waals surface area contributed by atoms with Gasteiger partial charge in [-0.2, -0.15) is 0 Å². The van der Waals surface area contributed by atoms with E-state index in [1.54, 1.807) is 23.1 Å². The molecule has 0 atom stereocenters. The lowest BCUT2D eigenvalue weighted by Crippen LogP contribution is -2.41. The molecule has 1 amide bonds. The summed E-state index contributed by atoms with van der Waals surface area (Å²) in [4.78, 5) is 14.7. The van der Waals surface area contributed by atoms with Crippen molar-refractivity contribution in [1.82, 2.24) is 10.2 Å². The predicted molar refractivity (Wildman–Crippen MR) is 115 cm³/mol. The molecule has 2 fully saturated rings. The fourth-order valence-corrected chi connectivity index (χ4v) is 4.19. The van der Waals surface area contributed by atoms with E-state index < -0.39 is 0 Å². The number of hydrogen-bond acceptors (Lipinski definition) is 3. The Morgan fingerprint density at radius 3 is 2.59 bits per heavy atom. The Morgan fingerprint density at radius 2 is 1.83 bits per heavy atom. The SMILES string of the molecule is O=C1/C(=C/c2ccccc2OCc2ccc(F)cc2)NC(=S)N1C1CCCCC1. The first-order chi connectivity index (χ1) is 14.1. The maximum atomic E-state index is 13.1. The van der Waals surface area contributed by atoms with Crippen molar-refractivity contribution in [3.63, 3.8) is 0 Å². The van der Waals surface area contributed by atoms with E-state index in [1.165, 1.54) is 18.6 Å². The highest BCUT2D eigenvalue weighted by molar-refractivity contribution is 7.80. The normalized spacial score (nSPS) is 18.9.